The zero-order valence-electron chi connectivity index (χ0n) is 7.33. The molecule has 0 spiro atoms. The molecule has 0 saturated carbocycles. The van der Waals surface area contributed by atoms with Gasteiger partial charge in [0.25, 0.3) is 0 Å². The Labute approximate surface area is 76.0 Å². The van der Waals surface area contributed by atoms with Crippen molar-refractivity contribution in [2.24, 2.45) is 0 Å². The molecule has 1 N–H and O–H groups in total. The van der Waals surface area contributed by atoms with Gasteiger partial charge < -0.3 is 9.84 Å². The number of benzene rings is 1. The van der Waals surface area contributed by atoms with Crippen LogP contribution in [0.15, 0.2) is 12.1 Å². The minimum absolute atomic E-state index is 0.373. The van der Waals surface area contributed by atoms with Crippen molar-refractivity contribution >= 4 is 5.97 Å². The average Bonchev–Trinajstić information content (AvgIpc) is 2.53. The summed E-state index contributed by atoms with van der Waals surface area (Å²) in [6.07, 6.45) is 0.707. The van der Waals surface area contributed by atoms with Crippen molar-refractivity contribution in [1.29, 1.82) is 0 Å². The number of fused-ring (bicyclic) bond motifs is 1. The number of aromatic carboxylic acids is 1. The third-order valence-electron chi connectivity index (χ3n) is 2.29. The molecule has 0 atom stereocenters. The number of hydrogen-bond acceptors (Lipinski definition) is 2. The van der Waals surface area contributed by atoms with E-state index in [2.05, 4.69) is 0 Å². The molecule has 0 aliphatic carbocycles. The number of aryl methyl sites for hydroxylation is 1. The monoisotopic (exact) mass is 178 g/mol. The Kier molecular flexibility index (Phi) is 1.72. The third-order valence-corrected chi connectivity index (χ3v) is 2.29. The smallest absolute Gasteiger partial charge is 0.336 e. The van der Waals surface area contributed by atoms with E-state index in [1.807, 2.05) is 6.92 Å². The highest BCUT2D eigenvalue weighted by atomic mass is 16.5. The van der Waals surface area contributed by atoms with Gasteiger partial charge in [0.2, 0.25) is 0 Å². The Hall–Kier alpha value is -1.51. The van der Waals surface area contributed by atoms with Crippen LogP contribution in [0.2, 0.25) is 0 Å². The maximum absolute atomic E-state index is 10.8. The lowest BCUT2D eigenvalue weighted by molar-refractivity contribution is 0.0696. The number of carboxylic acid groups (broad SMARTS) is 1. The summed E-state index contributed by atoms with van der Waals surface area (Å²) in [5, 5.41) is 8.88. The number of rotatable bonds is 1. The van der Waals surface area contributed by atoms with E-state index in [4.69, 9.17) is 9.84 Å². The molecule has 1 heterocycles. The van der Waals surface area contributed by atoms with Crippen LogP contribution >= 0.6 is 0 Å². The van der Waals surface area contributed by atoms with Crippen molar-refractivity contribution in [3.63, 3.8) is 0 Å². The first kappa shape index (κ1) is 8.10. The Morgan fingerprint density at radius 2 is 2.31 bits per heavy atom. The molecule has 68 valence electrons. The van der Waals surface area contributed by atoms with Crippen molar-refractivity contribution in [1.82, 2.24) is 0 Å². The van der Waals surface area contributed by atoms with Crippen LogP contribution < -0.4 is 4.74 Å². The first-order valence-electron chi connectivity index (χ1n) is 4.18. The molecule has 0 amide bonds. The first-order valence-corrected chi connectivity index (χ1v) is 4.18. The second-order valence-corrected chi connectivity index (χ2v) is 3.14. The Morgan fingerprint density at radius 1 is 1.54 bits per heavy atom. The molecule has 2 rings (SSSR count). The maximum Gasteiger partial charge on any atom is 0.336 e. The summed E-state index contributed by atoms with van der Waals surface area (Å²) in [7, 11) is 0. The molecular formula is C10H10O3. The normalized spacial score (nSPS) is 13.6. The van der Waals surface area contributed by atoms with Gasteiger partial charge in [-0.05, 0) is 18.6 Å². The Bertz CT molecular complexity index is 369. The molecule has 1 aliphatic rings. The van der Waals surface area contributed by atoms with E-state index >= 15 is 0 Å². The predicted octanol–water partition coefficient (Wildman–Crippen LogP) is 1.63. The molecule has 1 aliphatic heterocycles. The summed E-state index contributed by atoms with van der Waals surface area (Å²) in [6.45, 7) is 2.52. The van der Waals surface area contributed by atoms with Crippen LogP contribution in [0.3, 0.4) is 0 Å². The first-order chi connectivity index (χ1) is 6.20. The van der Waals surface area contributed by atoms with Crippen LogP contribution in [0.1, 0.15) is 21.5 Å². The Balaban J connectivity index is 2.62. The molecule has 0 bridgehead atoms. The highest BCUT2D eigenvalue weighted by Gasteiger charge is 2.21. The average molecular weight is 178 g/mol. The third kappa shape index (κ3) is 1.16. The van der Waals surface area contributed by atoms with E-state index in [0.29, 0.717) is 18.6 Å². The molecular weight excluding hydrogens is 168 g/mol. The molecule has 0 radical (unpaired) electrons. The molecule has 3 nitrogen and oxygen atoms in total. The lowest BCUT2D eigenvalue weighted by Gasteiger charge is -2.05. The van der Waals surface area contributed by atoms with Crippen molar-refractivity contribution in [3.8, 4) is 5.75 Å². The van der Waals surface area contributed by atoms with Gasteiger partial charge in [0.05, 0.1) is 12.2 Å². The number of carbonyl (C=O) groups is 1. The van der Waals surface area contributed by atoms with Crippen LogP contribution in [0.5, 0.6) is 5.75 Å². The van der Waals surface area contributed by atoms with Crippen molar-refractivity contribution in [2.75, 3.05) is 6.61 Å². The lowest BCUT2D eigenvalue weighted by atomic mass is 10.0. The van der Waals surface area contributed by atoms with Crippen LogP contribution in [-0.4, -0.2) is 17.7 Å². The molecule has 3 heteroatoms. The quantitative estimate of drug-likeness (QED) is 0.710. The zero-order valence-corrected chi connectivity index (χ0v) is 7.33. The van der Waals surface area contributed by atoms with Crippen LogP contribution in [0, 0.1) is 6.92 Å². The summed E-state index contributed by atoms with van der Waals surface area (Å²) < 4.78 is 5.36. The van der Waals surface area contributed by atoms with Gasteiger partial charge in [-0.25, -0.2) is 4.79 Å². The summed E-state index contributed by atoms with van der Waals surface area (Å²) in [6, 6.07) is 3.43. The van der Waals surface area contributed by atoms with Gasteiger partial charge in [-0.3, -0.25) is 0 Å². The fourth-order valence-corrected chi connectivity index (χ4v) is 1.65. The van der Waals surface area contributed by atoms with Crippen molar-refractivity contribution in [2.45, 2.75) is 13.3 Å². The van der Waals surface area contributed by atoms with Crippen LogP contribution in [0.25, 0.3) is 0 Å². The standard InChI is InChI=1S/C10H10O3/c1-6-2-3-8(10(11)12)7-4-5-13-9(6)7/h2-3H,4-5H2,1H3,(H,11,12). The fraction of sp³-hybridized carbons (Fsp3) is 0.300. The number of carboxylic acids is 1. The van der Waals surface area contributed by atoms with E-state index in [9.17, 15) is 4.79 Å². The number of hydrogen-bond donors (Lipinski definition) is 1. The minimum atomic E-state index is -0.873. The Morgan fingerprint density at radius 3 is 3.00 bits per heavy atom. The largest absolute Gasteiger partial charge is 0.493 e. The zero-order chi connectivity index (χ0) is 9.42. The van der Waals surface area contributed by atoms with Gasteiger partial charge in [-0.15, -0.1) is 0 Å². The summed E-state index contributed by atoms with van der Waals surface area (Å²) in [5.41, 5.74) is 2.23. The molecule has 1 aromatic rings. The van der Waals surface area contributed by atoms with Gasteiger partial charge >= 0.3 is 5.97 Å². The highest BCUT2D eigenvalue weighted by Crippen LogP contribution is 2.31. The van der Waals surface area contributed by atoms with Gasteiger partial charge in [0.15, 0.2) is 0 Å². The topological polar surface area (TPSA) is 46.5 Å². The van der Waals surface area contributed by atoms with Gasteiger partial charge in [-0.2, -0.15) is 0 Å². The maximum atomic E-state index is 10.8. The predicted molar refractivity (Wildman–Crippen MR) is 47.3 cm³/mol. The van der Waals surface area contributed by atoms with Gasteiger partial charge in [0.1, 0.15) is 5.75 Å². The molecule has 1 aromatic carbocycles. The van der Waals surface area contributed by atoms with E-state index in [1.165, 1.54) is 0 Å². The van der Waals surface area contributed by atoms with Gasteiger partial charge in [0, 0.05) is 12.0 Å². The minimum Gasteiger partial charge on any atom is -0.493 e. The number of ether oxygens (including phenoxy) is 1. The van der Waals surface area contributed by atoms with E-state index in [1.54, 1.807) is 12.1 Å². The van der Waals surface area contributed by atoms with E-state index in [0.717, 1.165) is 16.9 Å². The molecule has 0 fully saturated rings. The highest BCUT2D eigenvalue weighted by molar-refractivity contribution is 5.90. The van der Waals surface area contributed by atoms with E-state index in [-0.39, 0.29) is 0 Å². The van der Waals surface area contributed by atoms with Crippen molar-refractivity contribution in [3.05, 3.63) is 28.8 Å². The summed E-state index contributed by atoms with van der Waals surface area (Å²) >= 11 is 0. The molecule has 0 saturated heterocycles. The van der Waals surface area contributed by atoms with Crippen LogP contribution in [0.4, 0.5) is 0 Å². The lowest BCUT2D eigenvalue weighted by Crippen LogP contribution is -2.00. The second kappa shape index (κ2) is 2.76. The van der Waals surface area contributed by atoms with Crippen molar-refractivity contribution < 1.29 is 14.6 Å². The molecule has 13 heavy (non-hydrogen) atoms. The van der Waals surface area contributed by atoms with Crippen LogP contribution in [-0.2, 0) is 6.42 Å². The summed E-state index contributed by atoms with van der Waals surface area (Å²) in [4.78, 5) is 10.8. The van der Waals surface area contributed by atoms with Gasteiger partial charge in [-0.1, -0.05) is 6.07 Å². The second-order valence-electron chi connectivity index (χ2n) is 3.14. The molecule has 0 unspecified atom stereocenters. The summed E-state index contributed by atoms with van der Waals surface area (Å²) in [5.74, 6) is -0.110. The van der Waals surface area contributed by atoms with E-state index < -0.39 is 5.97 Å². The SMILES string of the molecule is Cc1ccc(C(=O)O)c2c1OCC2. The fourth-order valence-electron chi connectivity index (χ4n) is 1.65. The molecule has 0 aromatic heterocycles.